The van der Waals surface area contributed by atoms with E-state index in [-0.39, 0.29) is 30.0 Å². The molecular formula is C28H31ClN2O4. The van der Waals surface area contributed by atoms with Crippen LogP contribution < -0.4 is 0 Å². The van der Waals surface area contributed by atoms with Gasteiger partial charge in [-0.3, -0.25) is 4.98 Å². The highest BCUT2D eigenvalue weighted by Crippen LogP contribution is 2.45. The molecule has 2 aromatic rings. The lowest BCUT2D eigenvalue weighted by atomic mass is 9.76. The van der Waals surface area contributed by atoms with Gasteiger partial charge in [0.05, 0.1) is 11.3 Å². The zero-order valence-corrected chi connectivity index (χ0v) is 21.2. The number of hydrogen-bond donors (Lipinski definition) is 0. The zero-order chi connectivity index (χ0) is 24.7. The van der Waals surface area contributed by atoms with E-state index in [2.05, 4.69) is 0 Å². The lowest BCUT2D eigenvalue weighted by molar-refractivity contribution is -0.137. The van der Waals surface area contributed by atoms with E-state index in [4.69, 9.17) is 26.1 Å². The number of ether oxygens (including phenoxy) is 2. The molecule has 2 heterocycles. The van der Waals surface area contributed by atoms with Crippen molar-refractivity contribution in [2.45, 2.75) is 64.1 Å². The number of benzene rings is 1. The first-order chi connectivity index (χ1) is 16.7. The third-order valence-corrected chi connectivity index (χ3v) is 7.02. The Morgan fingerprint density at radius 2 is 1.83 bits per heavy atom. The van der Waals surface area contributed by atoms with Crippen LogP contribution in [0.4, 0.5) is 4.79 Å². The van der Waals surface area contributed by atoms with E-state index < -0.39 is 5.60 Å². The molecule has 2 fully saturated rings. The van der Waals surface area contributed by atoms with Crippen molar-refractivity contribution in [2.75, 3.05) is 13.1 Å². The molecule has 5 rings (SSSR count). The van der Waals surface area contributed by atoms with Crippen molar-refractivity contribution in [1.29, 1.82) is 0 Å². The van der Waals surface area contributed by atoms with E-state index >= 15 is 0 Å². The van der Waals surface area contributed by atoms with Gasteiger partial charge in [0.2, 0.25) is 0 Å². The van der Waals surface area contributed by atoms with Gasteiger partial charge in [-0.1, -0.05) is 23.7 Å². The van der Waals surface area contributed by atoms with Crippen molar-refractivity contribution in [3.05, 3.63) is 63.9 Å². The maximum Gasteiger partial charge on any atom is 0.410 e. The molecule has 0 bridgehead atoms. The van der Waals surface area contributed by atoms with Gasteiger partial charge >= 0.3 is 12.1 Å². The van der Waals surface area contributed by atoms with E-state index in [9.17, 15) is 9.59 Å². The summed E-state index contributed by atoms with van der Waals surface area (Å²) < 4.78 is 11.3. The van der Waals surface area contributed by atoms with Gasteiger partial charge in [0.15, 0.2) is 0 Å². The molecule has 6 nitrogen and oxygen atoms in total. The van der Waals surface area contributed by atoms with E-state index in [1.807, 2.05) is 57.2 Å². The number of pyridine rings is 1. The van der Waals surface area contributed by atoms with Crippen LogP contribution in [-0.2, 0) is 14.3 Å². The molecule has 3 aliphatic rings. The smallest absolute Gasteiger partial charge is 0.410 e. The summed E-state index contributed by atoms with van der Waals surface area (Å²) in [4.78, 5) is 32.4. The van der Waals surface area contributed by atoms with Crippen LogP contribution in [-0.4, -0.2) is 46.7 Å². The normalized spacial score (nSPS) is 20.3. The van der Waals surface area contributed by atoms with Crippen LogP contribution in [0.25, 0.3) is 11.6 Å². The molecule has 2 aliphatic carbocycles. The van der Waals surface area contributed by atoms with Gasteiger partial charge in [0.1, 0.15) is 11.7 Å². The average Bonchev–Trinajstić information content (AvgIpc) is 3.63. The van der Waals surface area contributed by atoms with Gasteiger partial charge in [0.25, 0.3) is 0 Å². The summed E-state index contributed by atoms with van der Waals surface area (Å²) >= 11 is 6.38. The molecule has 1 atom stereocenters. The molecule has 35 heavy (non-hydrogen) atoms. The Morgan fingerprint density at radius 3 is 2.51 bits per heavy atom. The summed E-state index contributed by atoms with van der Waals surface area (Å²) in [6, 6.07) is 9.68. The van der Waals surface area contributed by atoms with Crippen molar-refractivity contribution in [3.8, 4) is 0 Å². The van der Waals surface area contributed by atoms with Crippen molar-refractivity contribution >= 4 is 35.3 Å². The summed E-state index contributed by atoms with van der Waals surface area (Å²) in [6.07, 6.45) is 6.89. The minimum Gasteiger partial charge on any atom is -0.459 e. The zero-order valence-electron chi connectivity index (χ0n) is 20.4. The second-order valence-electron chi connectivity index (χ2n) is 10.7. The van der Waals surface area contributed by atoms with Crippen LogP contribution in [0.5, 0.6) is 0 Å². The number of rotatable bonds is 3. The summed E-state index contributed by atoms with van der Waals surface area (Å²) in [7, 11) is 0. The first kappa shape index (κ1) is 23.9. The van der Waals surface area contributed by atoms with E-state index in [0.29, 0.717) is 23.7 Å². The molecule has 1 saturated carbocycles. The van der Waals surface area contributed by atoms with Crippen molar-refractivity contribution < 1.29 is 19.1 Å². The number of hydrogen-bond acceptors (Lipinski definition) is 5. The second kappa shape index (κ2) is 9.30. The maximum absolute atomic E-state index is 13.2. The Hall–Kier alpha value is -2.86. The van der Waals surface area contributed by atoms with Crippen LogP contribution in [0.15, 0.2) is 36.5 Å². The largest absolute Gasteiger partial charge is 0.459 e. The monoisotopic (exact) mass is 494 g/mol. The molecule has 1 aliphatic heterocycles. The summed E-state index contributed by atoms with van der Waals surface area (Å²) in [5.41, 5.74) is 3.70. The Kier molecular flexibility index (Phi) is 6.34. The highest BCUT2D eigenvalue weighted by molar-refractivity contribution is 6.31. The fourth-order valence-electron chi connectivity index (χ4n) is 5.02. The van der Waals surface area contributed by atoms with Gasteiger partial charge in [-0.15, -0.1) is 0 Å². The predicted octanol–water partition coefficient (Wildman–Crippen LogP) is 6.07. The standard InChI is InChI=1S/C28H31ClN2O4/c1-28(2,3)35-27(33)31-13-10-17(11-14-31)24-21-9-6-19(29)15-18(21)16-23(26(32)34-20-7-8-20)22-5-4-12-30-25(22)24/h4-6,9,12,15-17,20,24H,7-8,10-11,13-14H2,1-3H3. The summed E-state index contributed by atoms with van der Waals surface area (Å²) in [5.74, 6) is -0.0933. The van der Waals surface area contributed by atoms with Gasteiger partial charge in [-0.25, -0.2) is 9.59 Å². The third-order valence-electron chi connectivity index (χ3n) is 6.79. The molecule has 1 saturated heterocycles. The van der Waals surface area contributed by atoms with Gasteiger partial charge in [-0.2, -0.15) is 0 Å². The number of fused-ring (bicyclic) bond motifs is 2. The number of piperidine rings is 1. The van der Waals surface area contributed by atoms with Crippen LogP contribution in [0.3, 0.4) is 0 Å². The Morgan fingerprint density at radius 1 is 1.09 bits per heavy atom. The summed E-state index contributed by atoms with van der Waals surface area (Å²) in [6.45, 7) is 6.88. The number of aromatic nitrogens is 1. The third kappa shape index (κ3) is 5.22. The average molecular weight is 495 g/mol. The molecule has 1 aromatic carbocycles. The second-order valence-corrected chi connectivity index (χ2v) is 11.1. The first-order valence-corrected chi connectivity index (χ1v) is 12.7. The number of carbonyl (C=O) groups excluding carboxylic acids is 2. The molecular weight excluding hydrogens is 464 g/mol. The van der Waals surface area contributed by atoms with Crippen molar-refractivity contribution in [2.24, 2.45) is 5.92 Å². The number of likely N-dealkylation sites (tertiary alicyclic amines) is 1. The lowest BCUT2D eigenvalue weighted by Crippen LogP contribution is -2.42. The Labute approximate surface area is 211 Å². The maximum atomic E-state index is 13.2. The topological polar surface area (TPSA) is 68.7 Å². The van der Waals surface area contributed by atoms with E-state index in [1.165, 1.54) is 0 Å². The van der Waals surface area contributed by atoms with Gasteiger partial charge in [-0.05, 0) is 87.8 Å². The SMILES string of the molecule is CC(C)(C)OC(=O)N1CCC(C2c3ccc(Cl)cc3C=C(C(=O)OC3CC3)c3cccnc32)CC1. The highest BCUT2D eigenvalue weighted by atomic mass is 35.5. The summed E-state index contributed by atoms with van der Waals surface area (Å²) in [5, 5.41) is 0.618. The molecule has 1 aromatic heterocycles. The quantitative estimate of drug-likeness (QED) is 0.484. The number of nitrogens with zero attached hydrogens (tertiary/aromatic N) is 2. The first-order valence-electron chi connectivity index (χ1n) is 12.3. The fraction of sp³-hybridized carbons (Fsp3) is 0.464. The van der Waals surface area contributed by atoms with Crippen LogP contribution in [0.1, 0.15) is 74.8 Å². The van der Waals surface area contributed by atoms with Gasteiger partial charge in [0, 0.05) is 35.8 Å². The number of esters is 1. The molecule has 1 amide bonds. The van der Waals surface area contributed by atoms with Crippen molar-refractivity contribution in [3.63, 3.8) is 0 Å². The molecule has 0 N–H and O–H groups in total. The van der Waals surface area contributed by atoms with Crippen LogP contribution >= 0.6 is 11.6 Å². The highest BCUT2D eigenvalue weighted by Gasteiger charge is 2.38. The number of carbonyl (C=O) groups is 2. The van der Waals surface area contributed by atoms with E-state index in [0.717, 1.165) is 48.1 Å². The van der Waals surface area contributed by atoms with Gasteiger partial charge < -0.3 is 14.4 Å². The molecule has 184 valence electrons. The minimum absolute atomic E-state index is 0.0126. The Balaban J connectivity index is 1.48. The fourth-order valence-corrected chi connectivity index (χ4v) is 5.20. The molecule has 1 unspecified atom stereocenters. The molecule has 0 spiro atoms. The molecule has 7 heteroatoms. The lowest BCUT2D eigenvalue weighted by Gasteiger charge is -2.37. The van der Waals surface area contributed by atoms with Crippen molar-refractivity contribution in [1.82, 2.24) is 9.88 Å². The number of halogens is 1. The predicted molar refractivity (Wildman–Crippen MR) is 135 cm³/mol. The van der Waals surface area contributed by atoms with Crippen LogP contribution in [0, 0.1) is 5.92 Å². The van der Waals surface area contributed by atoms with Crippen LogP contribution in [0.2, 0.25) is 5.02 Å². The van der Waals surface area contributed by atoms with E-state index in [1.54, 1.807) is 11.1 Å². The minimum atomic E-state index is -0.520. The number of amides is 1. The Bertz CT molecular complexity index is 1170. The molecule has 0 radical (unpaired) electrons.